The number of fused-ring (bicyclic) bond motifs is 2. The molecular weight excluding hydrogens is 386 g/mol. The lowest BCUT2D eigenvalue weighted by Crippen LogP contribution is -2.48. The zero-order valence-corrected chi connectivity index (χ0v) is 18.1. The third-order valence-corrected chi connectivity index (χ3v) is 6.10. The van der Waals surface area contributed by atoms with E-state index in [1.54, 1.807) is 0 Å². The minimum Gasteiger partial charge on any atom is -0.502 e. The fourth-order valence-electron chi connectivity index (χ4n) is 4.54. The summed E-state index contributed by atoms with van der Waals surface area (Å²) in [4.78, 5) is 2.31. The van der Waals surface area contributed by atoms with Crippen molar-refractivity contribution in [2.45, 2.75) is 32.9 Å². The molecule has 2 aromatic carbocycles. The molecule has 0 fully saturated rings. The summed E-state index contributed by atoms with van der Waals surface area (Å²) in [5.41, 5.74) is 2.00. The van der Waals surface area contributed by atoms with Crippen molar-refractivity contribution in [1.82, 2.24) is 4.90 Å². The van der Waals surface area contributed by atoms with Gasteiger partial charge in [0.15, 0.2) is 29.2 Å². The van der Waals surface area contributed by atoms with Gasteiger partial charge in [-0.1, -0.05) is 20.8 Å². The molecule has 0 bridgehead atoms. The molecule has 2 heterocycles. The quantitative estimate of drug-likeness (QED) is 0.766. The van der Waals surface area contributed by atoms with Gasteiger partial charge in [-0.25, -0.2) is 0 Å². The van der Waals surface area contributed by atoms with E-state index in [9.17, 15) is 5.11 Å². The first kappa shape index (κ1) is 20.5. The topological polar surface area (TPSA) is 69.6 Å². The van der Waals surface area contributed by atoms with Crippen LogP contribution in [0.1, 0.15) is 37.8 Å². The second-order valence-corrected chi connectivity index (χ2v) is 7.58. The highest BCUT2D eigenvalue weighted by atomic mass is 16.7. The molecule has 0 spiro atoms. The molecule has 0 saturated carbocycles. The summed E-state index contributed by atoms with van der Waals surface area (Å²) in [6, 6.07) is 7.67. The molecule has 2 aromatic rings. The minimum absolute atomic E-state index is 0.00494. The molecule has 1 N–H and O–H groups in total. The standard InChI is InChI=1S/C23H29NO6/c1-6-24(7-2)23-13(3)21(14-8-19(26-4)22(25)20(9-14)27-5)15-10-17-18(29-12-28-17)11-16(15)30-23/h8-11,13,21,23,25H,6-7,12H2,1-5H3/t13-,21+,23-/m0/s1. The van der Waals surface area contributed by atoms with Crippen LogP contribution < -0.4 is 23.7 Å². The Hall–Kier alpha value is -2.80. The number of nitrogens with zero attached hydrogens (tertiary/aromatic N) is 1. The molecule has 0 saturated heterocycles. The predicted octanol–water partition coefficient (Wildman–Crippen LogP) is 3.97. The smallest absolute Gasteiger partial charge is 0.231 e. The number of aromatic hydroxyl groups is 1. The Kier molecular flexibility index (Phi) is 5.56. The Morgan fingerprint density at radius 2 is 1.57 bits per heavy atom. The fraction of sp³-hybridized carbons (Fsp3) is 0.478. The van der Waals surface area contributed by atoms with E-state index in [0.717, 1.165) is 30.0 Å². The van der Waals surface area contributed by atoms with Crippen molar-refractivity contribution in [3.05, 3.63) is 35.4 Å². The summed E-state index contributed by atoms with van der Waals surface area (Å²) in [6.07, 6.45) is -0.108. The maximum Gasteiger partial charge on any atom is 0.231 e. The van der Waals surface area contributed by atoms with E-state index in [0.29, 0.717) is 23.0 Å². The second kappa shape index (κ2) is 8.14. The van der Waals surface area contributed by atoms with Gasteiger partial charge < -0.3 is 28.8 Å². The molecule has 162 valence electrons. The van der Waals surface area contributed by atoms with E-state index in [1.807, 2.05) is 24.3 Å². The Balaban J connectivity index is 1.89. The van der Waals surface area contributed by atoms with Crippen LogP contribution >= 0.6 is 0 Å². The highest BCUT2D eigenvalue weighted by Crippen LogP contribution is 2.51. The van der Waals surface area contributed by atoms with Crippen molar-refractivity contribution < 1.29 is 28.8 Å². The zero-order valence-electron chi connectivity index (χ0n) is 18.1. The Bertz CT molecular complexity index is 901. The third kappa shape index (κ3) is 3.27. The molecule has 0 radical (unpaired) electrons. The Morgan fingerprint density at radius 3 is 2.13 bits per heavy atom. The Morgan fingerprint density at radius 1 is 0.967 bits per heavy atom. The average molecular weight is 415 g/mol. The zero-order chi connectivity index (χ0) is 21.4. The number of phenolic OH excluding ortho intramolecular Hbond substituents is 1. The van der Waals surface area contributed by atoms with Crippen LogP contribution in [0.25, 0.3) is 0 Å². The van der Waals surface area contributed by atoms with E-state index in [4.69, 9.17) is 23.7 Å². The van der Waals surface area contributed by atoms with E-state index >= 15 is 0 Å². The number of rotatable bonds is 6. The van der Waals surface area contributed by atoms with Gasteiger partial charge in [-0.2, -0.15) is 0 Å². The summed E-state index contributed by atoms with van der Waals surface area (Å²) < 4.78 is 28.5. The number of hydrogen-bond donors (Lipinski definition) is 1. The Labute approximate surface area is 177 Å². The summed E-state index contributed by atoms with van der Waals surface area (Å²) in [7, 11) is 3.08. The third-order valence-electron chi connectivity index (χ3n) is 6.10. The highest BCUT2D eigenvalue weighted by molar-refractivity contribution is 5.59. The predicted molar refractivity (Wildman–Crippen MR) is 112 cm³/mol. The van der Waals surface area contributed by atoms with Gasteiger partial charge >= 0.3 is 0 Å². The van der Waals surface area contributed by atoms with Gasteiger partial charge in [-0.05, 0) is 36.9 Å². The molecule has 3 atom stereocenters. The van der Waals surface area contributed by atoms with Crippen molar-refractivity contribution in [3.63, 3.8) is 0 Å². The number of methoxy groups -OCH3 is 2. The number of ether oxygens (including phenoxy) is 5. The molecule has 30 heavy (non-hydrogen) atoms. The first-order chi connectivity index (χ1) is 14.5. The number of benzene rings is 2. The van der Waals surface area contributed by atoms with Crippen LogP contribution in [-0.4, -0.2) is 50.3 Å². The molecule has 0 aliphatic carbocycles. The van der Waals surface area contributed by atoms with E-state index < -0.39 is 0 Å². The van der Waals surface area contributed by atoms with Gasteiger partial charge in [-0.3, -0.25) is 4.90 Å². The molecule has 0 amide bonds. The van der Waals surface area contributed by atoms with Crippen LogP contribution in [0.4, 0.5) is 0 Å². The van der Waals surface area contributed by atoms with Crippen molar-refractivity contribution in [3.8, 4) is 34.5 Å². The van der Waals surface area contributed by atoms with Crippen LogP contribution in [0, 0.1) is 5.92 Å². The van der Waals surface area contributed by atoms with Crippen LogP contribution in [0.2, 0.25) is 0 Å². The van der Waals surface area contributed by atoms with Crippen LogP contribution in [-0.2, 0) is 0 Å². The molecule has 7 heteroatoms. The van der Waals surface area contributed by atoms with Gasteiger partial charge in [0.1, 0.15) is 5.75 Å². The van der Waals surface area contributed by atoms with Crippen molar-refractivity contribution in [2.75, 3.05) is 34.1 Å². The van der Waals surface area contributed by atoms with Gasteiger partial charge in [0, 0.05) is 23.5 Å². The molecule has 2 aliphatic rings. The lowest BCUT2D eigenvalue weighted by atomic mass is 9.78. The molecule has 7 nitrogen and oxygen atoms in total. The summed E-state index contributed by atoms with van der Waals surface area (Å²) >= 11 is 0. The minimum atomic E-state index is -0.108. The van der Waals surface area contributed by atoms with Crippen LogP contribution in [0.5, 0.6) is 34.5 Å². The number of hydrogen-bond acceptors (Lipinski definition) is 7. The van der Waals surface area contributed by atoms with E-state index in [1.165, 1.54) is 14.2 Å². The van der Waals surface area contributed by atoms with E-state index in [-0.39, 0.29) is 30.6 Å². The van der Waals surface area contributed by atoms with Crippen molar-refractivity contribution >= 4 is 0 Å². The van der Waals surface area contributed by atoms with Gasteiger partial charge in [0.05, 0.1) is 14.2 Å². The van der Waals surface area contributed by atoms with Gasteiger partial charge in [0.25, 0.3) is 0 Å². The summed E-state index contributed by atoms with van der Waals surface area (Å²) in [6.45, 7) is 8.42. The van der Waals surface area contributed by atoms with Crippen LogP contribution in [0.15, 0.2) is 24.3 Å². The SMILES string of the molecule is CCN(CC)[C@H]1Oc2cc3c(cc2[C@@H](c2cc(OC)c(O)c(OC)c2)[C@@H]1C)OCO3. The van der Waals surface area contributed by atoms with Gasteiger partial charge in [-0.15, -0.1) is 0 Å². The first-order valence-corrected chi connectivity index (χ1v) is 10.3. The highest BCUT2D eigenvalue weighted by Gasteiger charge is 2.40. The monoisotopic (exact) mass is 415 g/mol. The average Bonchev–Trinajstić information content (AvgIpc) is 3.21. The summed E-state index contributed by atoms with van der Waals surface area (Å²) in [5, 5.41) is 10.4. The molecule has 2 aliphatic heterocycles. The van der Waals surface area contributed by atoms with Gasteiger partial charge in [0.2, 0.25) is 12.5 Å². The lowest BCUT2D eigenvalue weighted by Gasteiger charge is -2.43. The fourth-order valence-corrected chi connectivity index (χ4v) is 4.54. The number of phenols is 1. The largest absolute Gasteiger partial charge is 0.502 e. The molecule has 0 aromatic heterocycles. The van der Waals surface area contributed by atoms with Crippen molar-refractivity contribution in [1.29, 1.82) is 0 Å². The molecule has 0 unspecified atom stereocenters. The molecular formula is C23H29NO6. The second-order valence-electron chi connectivity index (χ2n) is 7.58. The van der Waals surface area contributed by atoms with Crippen LogP contribution in [0.3, 0.4) is 0 Å². The lowest BCUT2D eigenvalue weighted by molar-refractivity contribution is -0.0257. The first-order valence-electron chi connectivity index (χ1n) is 10.3. The maximum atomic E-state index is 10.4. The normalized spacial score (nSPS) is 21.9. The summed E-state index contributed by atoms with van der Waals surface area (Å²) in [5.74, 6) is 3.05. The molecule has 4 rings (SSSR count). The van der Waals surface area contributed by atoms with E-state index in [2.05, 4.69) is 25.7 Å². The van der Waals surface area contributed by atoms with Crippen molar-refractivity contribution in [2.24, 2.45) is 5.92 Å². The maximum absolute atomic E-state index is 10.4.